The summed E-state index contributed by atoms with van der Waals surface area (Å²) < 4.78 is 55.8. The second kappa shape index (κ2) is 13.8. The smallest absolute Gasteiger partial charge is 0.371 e. The topological polar surface area (TPSA) is 134 Å². The lowest BCUT2D eigenvalue weighted by Crippen LogP contribution is -2.75. The molecule has 46 heavy (non-hydrogen) atoms. The lowest BCUT2D eigenvalue weighted by atomic mass is 9.98. The second-order valence-corrected chi connectivity index (χ2v) is 12.2. The summed E-state index contributed by atoms with van der Waals surface area (Å²) in [4.78, 5) is 44.4. The molecule has 0 aromatic heterocycles. The molecule has 3 amide bonds. The number of hydrogen-bond donors (Lipinski definition) is 1. The normalized spacial score (nSPS) is 18.8. The number of benzene rings is 3. The van der Waals surface area contributed by atoms with Crippen molar-refractivity contribution in [3.05, 3.63) is 114 Å². The van der Waals surface area contributed by atoms with E-state index < -0.39 is 40.1 Å². The van der Waals surface area contributed by atoms with Crippen LogP contribution in [-0.2, 0) is 44.1 Å². The van der Waals surface area contributed by atoms with E-state index >= 15 is 0 Å². The first-order valence-electron chi connectivity index (χ1n) is 14.5. The molecule has 0 aliphatic carbocycles. The van der Waals surface area contributed by atoms with E-state index in [1.54, 1.807) is 11.1 Å². The number of carbonyl (C=O) groups is 3. The van der Waals surface area contributed by atoms with Gasteiger partial charge in [-0.3, -0.25) is 14.4 Å². The van der Waals surface area contributed by atoms with Crippen LogP contribution in [0.2, 0.25) is 0 Å². The van der Waals surface area contributed by atoms with Gasteiger partial charge in [0, 0.05) is 37.6 Å². The van der Waals surface area contributed by atoms with Gasteiger partial charge in [0.05, 0.1) is 13.1 Å². The summed E-state index contributed by atoms with van der Waals surface area (Å²) in [7, 11) is -4.26. The second-order valence-electron chi connectivity index (χ2n) is 11.0. The Morgan fingerprint density at radius 2 is 1.74 bits per heavy atom. The van der Waals surface area contributed by atoms with Crippen LogP contribution in [0.4, 0.5) is 8.78 Å². The molecule has 3 aromatic rings. The minimum atomic E-state index is -4.26. The van der Waals surface area contributed by atoms with Gasteiger partial charge in [-0.2, -0.15) is 13.6 Å². The molecular weight excluding hydrogens is 620 g/mol. The van der Waals surface area contributed by atoms with E-state index in [-0.39, 0.29) is 62.1 Å². The Hall–Kier alpha value is -4.66. The predicted molar refractivity (Wildman–Crippen MR) is 163 cm³/mol. The lowest BCUT2D eigenvalue weighted by Gasteiger charge is -2.55. The molecule has 2 aliphatic rings. The van der Waals surface area contributed by atoms with Gasteiger partial charge in [0.1, 0.15) is 29.6 Å². The summed E-state index contributed by atoms with van der Waals surface area (Å²) >= 11 is 0. The van der Waals surface area contributed by atoms with Crippen molar-refractivity contribution in [3.63, 3.8) is 0 Å². The average Bonchev–Trinajstić information content (AvgIpc) is 3.00. The van der Waals surface area contributed by atoms with Gasteiger partial charge in [-0.15, -0.1) is 6.58 Å². The Morgan fingerprint density at radius 1 is 1.02 bits per heavy atom. The molecule has 14 heteroatoms. The van der Waals surface area contributed by atoms with Crippen molar-refractivity contribution in [3.8, 4) is 5.75 Å². The van der Waals surface area contributed by atoms with E-state index in [2.05, 4.69) is 6.58 Å². The first-order valence-corrected chi connectivity index (χ1v) is 16.0. The maximum Gasteiger partial charge on any atom is 0.380 e. The van der Waals surface area contributed by atoms with Crippen LogP contribution in [0.1, 0.15) is 23.1 Å². The molecule has 5 rings (SSSR count). The number of rotatable bonds is 11. The predicted octanol–water partition coefficient (Wildman–Crippen LogP) is 2.53. The monoisotopic (exact) mass is 653 g/mol. The van der Waals surface area contributed by atoms with E-state index in [1.807, 2.05) is 30.3 Å². The van der Waals surface area contributed by atoms with Crippen molar-refractivity contribution >= 4 is 28.0 Å². The molecule has 0 bridgehead atoms. The van der Waals surface area contributed by atoms with Gasteiger partial charge < -0.3 is 14.0 Å². The highest BCUT2D eigenvalue weighted by atomic mass is 32.2. The minimum absolute atomic E-state index is 0.00731. The standard InChI is InChI=1S/C32H33F2N5O6S/c1-2-16-37-21-31(41)38-28(17-23-8-13-26(14-9-23)45-46(35,43)44)32(42)36(19-24-11-12-25(33)18-27(24)34)20-29(38)39(37)30(40)15-10-22-6-4-3-5-7-22/h2-9,11-14,18,28-29H,1,10,15-17,19-21H2,(H2,35,43,44)/t28-,29-/m0/s1. The van der Waals surface area contributed by atoms with Gasteiger partial charge in [-0.05, 0) is 35.7 Å². The Balaban J connectivity index is 1.49. The molecule has 2 N–H and O–H groups in total. The highest BCUT2D eigenvalue weighted by Crippen LogP contribution is 2.30. The zero-order valence-electron chi connectivity index (χ0n) is 24.8. The van der Waals surface area contributed by atoms with Crippen LogP contribution in [0.5, 0.6) is 5.75 Å². The highest BCUT2D eigenvalue weighted by molar-refractivity contribution is 7.84. The van der Waals surface area contributed by atoms with Gasteiger partial charge in [-0.25, -0.2) is 18.8 Å². The van der Waals surface area contributed by atoms with E-state index in [0.29, 0.717) is 12.0 Å². The molecule has 0 radical (unpaired) electrons. The fourth-order valence-electron chi connectivity index (χ4n) is 5.81. The van der Waals surface area contributed by atoms with Crippen LogP contribution >= 0.6 is 0 Å². The van der Waals surface area contributed by atoms with Crippen molar-refractivity contribution in [2.24, 2.45) is 5.14 Å². The van der Waals surface area contributed by atoms with Crippen LogP contribution in [0.25, 0.3) is 0 Å². The minimum Gasteiger partial charge on any atom is -0.371 e. The Kier molecular flexibility index (Phi) is 9.79. The molecule has 0 unspecified atom stereocenters. The van der Waals surface area contributed by atoms with Crippen LogP contribution < -0.4 is 9.32 Å². The van der Waals surface area contributed by atoms with Crippen LogP contribution in [0.15, 0.2) is 85.5 Å². The van der Waals surface area contributed by atoms with E-state index in [0.717, 1.165) is 17.7 Å². The summed E-state index contributed by atoms with van der Waals surface area (Å²) in [5.74, 6) is -2.80. The number of fused-ring (bicyclic) bond motifs is 1. The van der Waals surface area contributed by atoms with E-state index in [4.69, 9.17) is 9.32 Å². The molecular formula is C32H33F2N5O6S. The van der Waals surface area contributed by atoms with Crippen molar-refractivity contribution in [1.82, 2.24) is 19.8 Å². The highest BCUT2D eigenvalue weighted by Gasteiger charge is 2.51. The summed E-state index contributed by atoms with van der Waals surface area (Å²) in [6, 6.07) is 17.2. The number of piperazine rings is 1. The molecule has 2 atom stereocenters. The summed E-state index contributed by atoms with van der Waals surface area (Å²) in [6.45, 7) is 3.43. The van der Waals surface area contributed by atoms with Crippen LogP contribution in [0, 0.1) is 11.6 Å². The van der Waals surface area contributed by atoms with Crippen LogP contribution in [0.3, 0.4) is 0 Å². The lowest BCUT2D eigenvalue weighted by molar-refractivity contribution is -0.205. The quantitative estimate of drug-likeness (QED) is 0.315. The van der Waals surface area contributed by atoms with Crippen molar-refractivity contribution in [1.29, 1.82) is 0 Å². The number of hydrazine groups is 1. The third-order valence-electron chi connectivity index (χ3n) is 7.84. The van der Waals surface area contributed by atoms with Gasteiger partial charge in [0.2, 0.25) is 17.7 Å². The van der Waals surface area contributed by atoms with Gasteiger partial charge >= 0.3 is 10.3 Å². The molecule has 242 valence electrons. The van der Waals surface area contributed by atoms with Crippen molar-refractivity contribution in [2.75, 3.05) is 19.6 Å². The Labute approximate surface area is 265 Å². The number of aryl methyl sites for hydroxylation is 1. The SMILES string of the molecule is C=CCN1CC(=O)N2[C@@H](Cc3ccc(OS(N)(=O)=O)cc3)C(=O)N(Cc3ccc(F)cc3F)C[C@@H]2N1C(=O)CCc1ccccc1. The first-order chi connectivity index (χ1) is 21.9. The molecule has 2 saturated heterocycles. The molecule has 2 aliphatic heterocycles. The maximum absolute atomic E-state index is 14.8. The van der Waals surface area contributed by atoms with Crippen molar-refractivity contribution < 1.29 is 35.8 Å². The van der Waals surface area contributed by atoms with Crippen molar-refractivity contribution in [2.45, 2.75) is 38.0 Å². The Bertz CT molecular complexity index is 1720. The fraction of sp³-hybridized carbons (Fsp3) is 0.281. The summed E-state index contributed by atoms with van der Waals surface area (Å²) in [5.41, 5.74) is 1.58. The van der Waals surface area contributed by atoms with E-state index in [1.165, 1.54) is 45.1 Å². The average molecular weight is 654 g/mol. The molecule has 2 heterocycles. The maximum atomic E-state index is 14.8. The number of nitrogens with two attached hydrogens (primary N) is 1. The number of carbonyl (C=O) groups excluding carboxylic acids is 3. The number of halogens is 2. The van der Waals surface area contributed by atoms with Gasteiger partial charge in [0.25, 0.3) is 0 Å². The van der Waals surface area contributed by atoms with Gasteiger partial charge in [-0.1, -0.05) is 54.6 Å². The zero-order valence-corrected chi connectivity index (χ0v) is 25.6. The van der Waals surface area contributed by atoms with Gasteiger partial charge in [0.15, 0.2) is 0 Å². The molecule has 0 saturated carbocycles. The summed E-state index contributed by atoms with van der Waals surface area (Å²) in [6.07, 6.45) is 1.20. The largest absolute Gasteiger partial charge is 0.380 e. The molecule has 0 spiro atoms. The van der Waals surface area contributed by atoms with Crippen LogP contribution in [-0.4, -0.2) is 77.8 Å². The molecule has 3 aromatic carbocycles. The third-order valence-corrected chi connectivity index (χ3v) is 8.26. The Morgan fingerprint density at radius 3 is 2.39 bits per heavy atom. The third kappa shape index (κ3) is 7.58. The summed E-state index contributed by atoms with van der Waals surface area (Å²) in [5, 5.41) is 8.03. The first kappa shape index (κ1) is 32.7. The molecule has 2 fully saturated rings. The fourth-order valence-corrected chi connectivity index (χ4v) is 6.19. The zero-order chi connectivity index (χ0) is 33.0. The number of hydrogen-bond acceptors (Lipinski definition) is 7. The van der Waals surface area contributed by atoms with E-state index in [9.17, 15) is 31.6 Å². The molecule has 11 nitrogen and oxygen atoms in total. The number of amides is 3. The number of nitrogens with zero attached hydrogens (tertiary/aromatic N) is 4.